The summed E-state index contributed by atoms with van der Waals surface area (Å²) in [5.74, 6) is 0. The van der Waals surface area contributed by atoms with Gasteiger partial charge < -0.3 is 4.74 Å². The molecule has 0 bridgehead atoms. The number of hydrogen-bond acceptors (Lipinski definition) is 2. The van der Waals surface area contributed by atoms with Gasteiger partial charge in [-0.1, -0.05) is 60.2 Å². The lowest BCUT2D eigenvalue weighted by Gasteiger charge is -2.29. The van der Waals surface area contributed by atoms with Crippen LogP contribution in [0.3, 0.4) is 0 Å². The lowest BCUT2D eigenvalue weighted by molar-refractivity contribution is -0.0264. The van der Waals surface area contributed by atoms with E-state index in [1.165, 1.54) is 5.56 Å². The lowest BCUT2D eigenvalue weighted by atomic mass is 9.99. The molecule has 3 rings (SSSR count). The highest BCUT2D eigenvalue weighted by atomic mass is 35.5. The first-order valence-electron chi connectivity index (χ1n) is 7.32. The Labute approximate surface area is 130 Å². The fourth-order valence-corrected chi connectivity index (χ4v) is 2.88. The van der Waals surface area contributed by atoms with Crippen molar-refractivity contribution in [1.29, 1.82) is 0 Å². The molecular weight excluding hydrogens is 282 g/mol. The van der Waals surface area contributed by atoms with E-state index < -0.39 is 0 Å². The van der Waals surface area contributed by atoms with Gasteiger partial charge >= 0.3 is 0 Å². The second-order valence-corrected chi connectivity index (χ2v) is 5.61. The molecule has 3 heteroatoms. The van der Waals surface area contributed by atoms with Crippen molar-refractivity contribution in [3.05, 3.63) is 71.0 Å². The fraction of sp³-hybridized carbons (Fsp3) is 0.278. The highest BCUT2D eigenvalue weighted by molar-refractivity contribution is 6.30. The zero-order valence-corrected chi connectivity index (χ0v) is 12.5. The van der Waals surface area contributed by atoms with Gasteiger partial charge in [-0.05, 0) is 30.9 Å². The third kappa shape index (κ3) is 3.72. The molecule has 0 N–H and O–H groups in total. The molecule has 1 aromatic heterocycles. The third-order valence-corrected chi connectivity index (χ3v) is 4.05. The SMILES string of the molecule is Clc1ncccc1[C@@H]1CCC[C@H](/C=C/c2ccccc2)O1. The van der Waals surface area contributed by atoms with E-state index >= 15 is 0 Å². The van der Waals surface area contributed by atoms with E-state index in [1.807, 2.05) is 30.3 Å². The van der Waals surface area contributed by atoms with Crippen LogP contribution in [0.2, 0.25) is 5.15 Å². The molecule has 108 valence electrons. The molecule has 1 saturated heterocycles. The predicted molar refractivity (Wildman–Crippen MR) is 86.2 cm³/mol. The van der Waals surface area contributed by atoms with Crippen molar-refractivity contribution in [1.82, 2.24) is 4.98 Å². The molecule has 2 aromatic rings. The second-order valence-electron chi connectivity index (χ2n) is 5.25. The molecule has 21 heavy (non-hydrogen) atoms. The van der Waals surface area contributed by atoms with E-state index in [9.17, 15) is 0 Å². The Balaban J connectivity index is 1.69. The molecule has 0 unspecified atom stereocenters. The fourth-order valence-electron chi connectivity index (χ4n) is 2.64. The van der Waals surface area contributed by atoms with Crippen molar-refractivity contribution >= 4 is 17.7 Å². The van der Waals surface area contributed by atoms with Gasteiger partial charge in [-0.2, -0.15) is 0 Å². The molecule has 2 nitrogen and oxygen atoms in total. The van der Waals surface area contributed by atoms with Gasteiger partial charge in [-0.25, -0.2) is 4.98 Å². The van der Waals surface area contributed by atoms with Crippen molar-refractivity contribution in [3.8, 4) is 0 Å². The summed E-state index contributed by atoms with van der Waals surface area (Å²) in [6.07, 6.45) is 9.36. The Morgan fingerprint density at radius 3 is 2.76 bits per heavy atom. The van der Waals surface area contributed by atoms with Gasteiger partial charge in [0.15, 0.2) is 0 Å². The Morgan fingerprint density at radius 2 is 1.95 bits per heavy atom. The summed E-state index contributed by atoms with van der Waals surface area (Å²) < 4.78 is 6.16. The van der Waals surface area contributed by atoms with E-state index in [0.29, 0.717) is 5.15 Å². The summed E-state index contributed by atoms with van der Waals surface area (Å²) in [5, 5.41) is 0.551. The molecule has 0 radical (unpaired) electrons. The topological polar surface area (TPSA) is 22.1 Å². The summed E-state index contributed by atoms with van der Waals surface area (Å²) in [5.41, 5.74) is 2.19. The van der Waals surface area contributed by atoms with E-state index in [-0.39, 0.29) is 12.2 Å². The van der Waals surface area contributed by atoms with E-state index in [0.717, 1.165) is 24.8 Å². The maximum absolute atomic E-state index is 6.17. The van der Waals surface area contributed by atoms with Gasteiger partial charge in [-0.3, -0.25) is 0 Å². The Morgan fingerprint density at radius 1 is 1.10 bits per heavy atom. The zero-order chi connectivity index (χ0) is 14.5. The third-order valence-electron chi connectivity index (χ3n) is 3.73. The molecule has 1 aromatic carbocycles. The van der Waals surface area contributed by atoms with Crippen LogP contribution >= 0.6 is 11.6 Å². The van der Waals surface area contributed by atoms with Gasteiger partial charge in [0.05, 0.1) is 12.2 Å². The highest BCUT2D eigenvalue weighted by Gasteiger charge is 2.23. The first kappa shape index (κ1) is 14.3. The average molecular weight is 300 g/mol. The number of nitrogens with zero attached hydrogens (tertiary/aromatic N) is 1. The molecule has 2 atom stereocenters. The quantitative estimate of drug-likeness (QED) is 0.739. The number of hydrogen-bond donors (Lipinski definition) is 0. The maximum Gasteiger partial charge on any atom is 0.134 e. The second kappa shape index (κ2) is 6.88. The molecule has 0 spiro atoms. The number of aromatic nitrogens is 1. The van der Waals surface area contributed by atoms with Crippen LogP contribution in [0.25, 0.3) is 6.08 Å². The van der Waals surface area contributed by atoms with Crippen LogP contribution in [0.5, 0.6) is 0 Å². The standard InChI is InChI=1S/C18H18ClNO/c19-18-16(9-5-13-20-18)17-10-4-8-15(21-17)12-11-14-6-2-1-3-7-14/h1-3,5-7,9,11-13,15,17H,4,8,10H2/b12-11+/t15-,17+/m1/s1. The molecule has 0 amide bonds. The zero-order valence-electron chi connectivity index (χ0n) is 11.8. The van der Waals surface area contributed by atoms with Gasteiger partial charge in [0, 0.05) is 11.8 Å². The van der Waals surface area contributed by atoms with Crippen LogP contribution in [0.15, 0.2) is 54.7 Å². The van der Waals surface area contributed by atoms with Crippen molar-refractivity contribution in [2.24, 2.45) is 0 Å². The minimum Gasteiger partial charge on any atom is -0.366 e. The number of rotatable bonds is 3. The summed E-state index contributed by atoms with van der Waals surface area (Å²) in [7, 11) is 0. The van der Waals surface area contributed by atoms with E-state index in [4.69, 9.17) is 16.3 Å². The Hall–Kier alpha value is -1.64. The molecular formula is C18H18ClNO. The van der Waals surface area contributed by atoms with E-state index in [2.05, 4.69) is 29.3 Å². The highest BCUT2D eigenvalue weighted by Crippen LogP contribution is 2.34. The monoisotopic (exact) mass is 299 g/mol. The molecule has 1 aliphatic rings. The van der Waals surface area contributed by atoms with Crippen molar-refractivity contribution in [2.45, 2.75) is 31.5 Å². The largest absolute Gasteiger partial charge is 0.366 e. The van der Waals surface area contributed by atoms with Crippen LogP contribution in [0.4, 0.5) is 0 Å². The van der Waals surface area contributed by atoms with Crippen molar-refractivity contribution in [2.75, 3.05) is 0 Å². The van der Waals surface area contributed by atoms with E-state index in [1.54, 1.807) is 6.20 Å². The van der Waals surface area contributed by atoms with Gasteiger partial charge in [-0.15, -0.1) is 0 Å². The van der Waals surface area contributed by atoms with Crippen LogP contribution in [0.1, 0.15) is 36.5 Å². The summed E-state index contributed by atoms with van der Waals surface area (Å²) in [6.45, 7) is 0. The smallest absolute Gasteiger partial charge is 0.134 e. The molecule has 1 fully saturated rings. The first-order valence-corrected chi connectivity index (χ1v) is 7.70. The molecule has 0 aliphatic carbocycles. The normalized spacial score (nSPS) is 22.5. The number of ether oxygens (including phenoxy) is 1. The number of benzene rings is 1. The number of pyridine rings is 1. The summed E-state index contributed by atoms with van der Waals surface area (Å²) >= 11 is 6.17. The predicted octanol–water partition coefficient (Wildman–Crippen LogP) is 5.06. The Kier molecular flexibility index (Phi) is 4.69. The Bertz CT molecular complexity index is 612. The molecule has 0 saturated carbocycles. The van der Waals surface area contributed by atoms with Crippen LogP contribution in [-0.4, -0.2) is 11.1 Å². The van der Waals surface area contributed by atoms with Crippen LogP contribution in [0, 0.1) is 0 Å². The molecule has 1 aliphatic heterocycles. The molecule has 2 heterocycles. The first-order chi connectivity index (χ1) is 10.3. The van der Waals surface area contributed by atoms with Crippen LogP contribution < -0.4 is 0 Å². The van der Waals surface area contributed by atoms with Gasteiger partial charge in [0.1, 0.15) is 5.15 Å². The summed E-state index contributed by atoms with van der Waals surface area (Å²) in [6, 6.07) is 14.2. The van der Waals surface area contributed by atoms with Gasteiger partial charge in [0.2, 0.25) is 0 Å². The summed E-state index contributed by atoms with van der Waals surface area (Å²) in [4.78, 5) is 4.14. The lowest BCUT2D eigenvalue weighted by Crippen LogP contribution is -2.20. The van der Waals surface area contributed by atoms with Crippen molar-refractivity contribution in [3.63, 3.8) is 0 Å². The maximum atomic E-state index is 6.17. The van der Waals surface area contributed by atoms with Gasteiger partial charge in [0.25, 0.3) is 0 Å². The minimum absolute atomic E-state index is 0.0466. The average Bonchev–Trinajstić information content (AvgIpc) is 2.55. The minimum atomic E-state index is 0.0466. The van der Waals surface area contributed by atoms with Crippen molar-refractivity contribution < 1.29 is 4.74 Å². The van der Waals surface area contributed by atoms with Crippen LogP contribution in [-0.2, 0) is 4.74 Å². The number of halogens is 1.